The van der Waals surface area contributed by atoms with Gasteiger partial charge in [0, 0.05) is 5.02 Å². The lowest BCUT2D eigenvalue weighted by molar-refractivity contribution is 0.215. The number of oxime groups is 1. The van der Waals surface area contributed by atoms with E-state index in [2.05, 4.69) is 9.99 Å². The van der Waals surface area contributed by atoms with Crippen LogP contribution in [0, 0.1) is 0 Å². The van der Waals surface area contributed by atoms with Crippen LogP contribution in [0.4, 0.5) is 0 Å². The Kier molecular flexibility index (Phi) is 2.93. The van der Waals surface area contributed by atoms with Crippen LogP contribution in [-0.4, -0.2) is 13.3 Å². The molecule has 3 heteroatoms. The first kappa shape index (κ1) is 8.08. The van der Waals surface area contributed by atoms with Crippen molar-refractivity contribution >= 4 is 17.8 Å². The van der Waals surface area contributed by atoms with E-state index in [0.29, 0.717) is 5.02 Å². The Morgan fingerprint density at radius 3 is 3.00 bits per heavy atom. The van der Waals surface area contributed by atoms with E-state index in [9.17, 15) is 0 Å². The van der Waals surface area contributed by atoms with E-state index in [1.54, 1.807) is 6.21 Å². The lowest BCUT2D eigenvalue weighted by atomic mass is 10.2. The molecule has 0 radical (unpaired) electrons. The monoisotopic (exact) mass is 169 g/mol. The molecule has 0 bridgehead atoms. The fraction of sp³-hybridized carbons (Fsp3) is 0.125. The Morgan fingerprint density at radius 1 is 1.55 bits per heavy atom. The number of benzene rings is 1. The number of nitrogens with zero attached hydrogens (tertiary/aromatic N) is 1. The molecule has 0 saturated carbocycles. The van der Waals surface area contributed by atoms with Crippen molar-refractivity contribution in [2.75, 3.05) is 7.11 Å². The standard InChI is InChI=1S/C8H8ClNO/c1-11-10-6-7-3-2-4-8(9)5-7/h2-6H,1H3/b10-6-. The highest BCUT2D eigenvalue weighted by Crippen LogP contribution is 2.08. The van der Waals surface area contributed by atoms with E-state index in [1.165, 1.54) is 7.11 Å². The van der Waals surface area contributed by atoms with Crippen LogP contribution < -0.4 is 0 Å². The van der Waals surface area contributed by atoms with Gasteiger partial charge in [0.25, 0.3) is 0 Å². The molecule has 0 aromatic heterocycles. The van der Waals surface area contributed by atoms with Crippen molar-refractivity contribution in [2.45, 2.75) is 0 Å². The smallest absolute Gasteiger partial charge is 0.106 e. The zero-order chi connectivity index (χ0) is 8.10. The molecule has 0 unspecified atom stereocenters. The molecule has 11 heavy (non-hydrogen) atoms. The summed E-state index contributed by atoms with van der Waals surface area (Å²) in [6.07, 6.45) is 1.60. The molecule has 1 aromatic rings. The van der Waals surface area contributed by atoms with Crippen LogP contribution in [0.2, 0.25) is 5.02 Å². The molecule has 2 nitrogen and oxygen atoms in total. The first-order chi connectivity index (χ1) is 5.33. The van der Waals surface area contributed by atoms with Crippen molar-refractivity contribution in [2.24, 2.45) is 5.16 Å². The van der Waals surface area contributed by atoms with Gasteiger partial charge in [-0.1, -0.05) is 28.9 Å². The number of halogens is 1. The third kappa shape index (κ3) is 2.60. The lowest BCUT2D eigenvalue weighted by Gasteiger charge is -1.91. The predicted octanol–water partition coefficient (Wildman–Crippen LogP) is 2.32. The molecule has 1 aromatic carbocycles. The van der Waals surface area contributed by atoms with Gasteiger partial charge in [-0.3, -0.25) is 0 Å². The van der Waals surface area contributed by atoms with Crippen LogP contribution in [-0.2, 0) is 4.84 Å². The van der Waals surface area contributed by atoms with Crippen LogP contribution in [0.1, 0.15) is 5.56 Å². The van der Waals surface area contributed by atoms with E-state index in [0.717, 1.165) is 5.56 Å². The van der Waals surface area contributed by atoms with E-state index in [4.69, 9.17) is 11.6 Å². The van der Waals surface area contributed by atoms with Crippen molar-refractivity contribution < 1.29 is 4.84 Å². The van der Waals surface area contributed by atoms with E-state index >= 15 is 0 Å². The molecule has 0 aliphatic rings. The molecule has 0 heterocycles. The second-order valence-corrected chi connectivity index (χ2v) is 2.41. The normalized spacial score (nSPS) is 10.4. The summed E-state index contributed by atoms with van der Waals surface area (Å²) in [4.78, 5) is 4.51. The molecule has 58 valence electrons. The average Bonchev–Trinajstić information content (AvgIpc) is 2.01. The Bertz CT molecular complexity index is 260. The van der Waals surface area contributed by atoms with E-state index < -0.39 is 0 Å². The summed E-state index contributed by atoms with van der Waals surface area (Å²) in [6.45, 7) is 0. The summed E-state index contributed by atoms with van der Waals surface area (Å²) >= 11 is 5.72. The number of rotatable bonds is 2. The predicted molar refractivity (Wildman–Crippen MR) is 46.1 cm³/mol. The maximum absolute atomic E-state index is 5.72. The maximum atomic E-state index is 5.72. The Labute approximate surface area is 70.4 Å². The van der Waals surface area contributed by atoms with Crippen molar-refractivity contribution in [1.82, 2.24) is 0 Å². The minimum Gasteiger partial charge on any atom is -0.399 e. The lowest BCUT2D eigenvalue weighted by Crippen LogP contribution is -1.80. The highest BCUT2D eigenvalue weighted by atomic mass is 35.5. The van der Waals surface area contributed by atoms with Gasteiger partial charge in [-0.2, -0.15) is 0 Å². The minimum atomic E-state index is 0.699. The highest BCUT2D eigenvalue weighted by Gasteiger charge is 1.88. The van der Waals surface area contributed by atoms with Gasteiger partial charge in [0.2, 0.25) is 0 Å². The van der Waals surface area contributed by atoms with Crippen LogP contribution in [0.15, 0.2) is 29.4 Å². The summed E-state index contributed by atoms with van der Waals surface area (Å²) < 4.78 is 0. The third-order valence-electron chi connectivity index (χ3n) is 1.16. The quantitative estimate of drug-likeness (QED) is 0.492. The van der Waals surface area contributed by atoms with Gasteiger partial charge < -0.3 is 4.84 Å². The van der Waals surface area contributed by atoms with Crippen LogP contribution in [0.5, 0.6) is 0 Å². The third-order valence-corrected chi connectivity index (χ3v) is 1.39. The molecule has 0 atom stereocenters. The second-order valence-electron chi connectivity index (χ2n) is 1.97. The van der Waals surface area contributed by atoms with Gasteiger partial charge in [0.1, 0.15) is 7.11 Å². The molecule has 0 aliphatic carbocycles. The van der Waals surface area contributed by atoms with Crippen molar-refractivity contribution in [3.63, 3.8) is 0 Å². The SMILES string of the molecule is CO/N=C\c1cccc(Cl)c1. The second kappa shape index (κ2) is 3.98. The highest BCUT2D eigenvalue weighted by molar-refractivity contribution is 6.30. The largest absolute Gasteiger partial charge is 0.399 e. The molecule has 0 amide bonds. The van der Waals surface area contributed by atoms with Gasteiger partial charge in [-0.25, -0.2) is 0 Å². The van der Waals surface area contributed by atoms with E-state index in [-0.39, 0.29) is 0 Å². The number of hydrogen-bond acceptors (Lipinski definition) is 2. The van der Waals surface area contributed by atoms with Crippen molar-refractivity contribution in [1.29, 1.82) is 0 Å². The Balaban J connectivity index is 2.79. The van der Waals surface area contributed by atoms with Gasteiger partial charge in [0.15, 0.2) is 0 Å². The molecule has 0 N–H and O–H groups in total. The molecule has 1 rings (SSSR count). The number of hydrogen-bond donors (Lipinski definition) is 0. The fourth-order valence-corrected chi connectivity index (χ4v) is 0.899. The fourth-order valence-electron chi connectivity index (χ4n) is 0.700. The van der Waals surface area contributed by atoms with Crippen LogP contribution in [0.3, 0.4) is 0 Å². The van der Waals surface area contributed by atoms with Crippen molar-refractivity contribution in [3.8, 4) is 0 Å². The zero-order valence-corrected chi connectivity index (χ0v) is 6.88. The average molecular weight is 170 g/mol. The summed E-state index contributed by atoms with van der Waals surface area (Å²) in [5.41, 5.74) is 0.930. The van der Waals surface area contributed by atoms with Crippen LogP contribution >= 0.6 is 11.6 Å². The first-order valence-electron chi connectivity index (χ1n) is 3.15. The topological polar surface area (TPSA) is 21.6 Å². The summed E-state index contributed by atoms with van der Waals surface area (Å²) in [5, 5.41) is 4.30. The summed E-state index contributed by atoms with van der Waals surface area (Å²) in [7, 11) is 1.50. The van der Waals surface area contributed by atoms with Gasteiger partial charge in [0.05, 0.1) is 6.21 Å². The molecular weight excluding hydrogens is 162 g/mol. The maximum Gasteiger partial charge on any atom is 0.106 e. The van der Waals surface area contributed by atoms with Gasteiger partial charge in [-0.15, -0.1) is 0 Å². The minimum absolute atomic E-state index is 0.699. The van der Waals surface area contributed by atoms with E-state index in [1.807, 2.05) is 24.3 Å². The van der Waals surface area contributed by atoms with Crippen LogP contribution in [0.25, 0.3) is 0 Å². The molecule has 0 spiro atoms. The molecule has 0 aliphatic heterocycles. The van der Waals surface area contributed by atoms with Gasteiger partial charge in [-0.05, 0) is 17.7 Å². The molecule has 0 fully saturated rings. The zero-order valence-electron chi connectivity index (χ0n) is 6.12. The Morgan fingerprint density at radius 2 is 2.36 bits per heavy atom. The van der Waals surface area contributed by atoms with Gasteiger partial charge >= 0.3 is 0 Å². The summed E-state index contributed by atoms with van der Waals surface area (Å²) in [6, 6.07) is 7.38. The molecular formula is C8H8ClNO. The summed E-state index contributed by atoms with van der Waals surface area (Å²) in [5.74, 6) is 0. The Hall–Kier alpha value is -1.02. The molecule has 0 saturated heterocycles. The first-order valence-corrected chi connectivity index (χ1v) is 3.53. The van der Waals surface area contributed by atoms with Crippen molar-refractivity contribution in [3.05, 3.63) is 34.9 Å².